The van der Waals surface area contributed by atoms with E-state index in [1.165, 1.54) is 11.8 Å². The van der Waals surface area contributed by atoms with Crippen molar-refractivity contribution >= 4 is 34.9 Å². The summed E-state index contributed by atoms with van der Waals surface area (Å²) in [5.74, 6) is 0.196. The van der Waals surface area contributed by atoms with Crippen LogP contribution in [0.4, 0.5) is 0 Å². The first kappa shape index (κ1) is 18.2. The lowest BCUT2D eigenvalue weighted by atomic mass is 10.1. The van der Waals surface area contributed by atoms with Crippen molar-refractivity contribution in [1.82, 2.24) is 25.1 Å². The second-order valence-electron chi connectivity index (χ2n) is 6.21. The first-order valence-corrected chi connectivity index (χ1v) is 10.0. The summed E-state index contributed by atoms with van der Waals surface area (Å²) < 4.78 is 7.16. The van der Waals surface area contributed by atoms with Crippen LogP contribution in [0.15, 0.2) is 41.6 Å². The van der Waals surface area contributed by atoms with Crippen molar-refractivity contribution in [2.24, 2.45) is 0 Å². The van der Waals surface area contributed by atoms with Gasteiger partial charge in [-0.3, -0.25) is 4.79 Å². The number of rotatable bonds is 6. The third-order valence-electron chi connectivity index (χ3n) is 4.26. The Morgan fingerprint density at radius 2 is 2.11 bits per heavy atom. The third kappa shape index (κ3) is 4.40. The number of halogens is 1. The van der Waals surface area contributed by atoms with Crippen LogP contribution >= 0.6 is 23.4 Å². The molecule has 9 heteroatoms. The van der Waals surface area contributed by atoms with E-state index in [0.29, 0.717) is 22.4 Å². The lowest BCUT2D eigenvalue weighted by Crippen LogP contribution is -2.32. The molecule has 140 valence electrons. The van der Waals surface area contributed by atoms with Crippen LogP contribution in [0.3, 0.4) is 0 Å². The Bertz CT molecular complexity index is 941. The number of benzene rings is 1. The van der Waals surface area contributed by atoms with Gasteiger partial charge in [0, 0.05) is 23.7 Å². The van der Waals surface area contributed by atoms with Crippen molar-refractivity contribution in [3.8, 4) is 11.3 Å². The highest BCUT2D eigenvalue weighted by Crippen LogP contribution is 2.22. The molecule has 1 aromatic carbocycles. The molecule has 2 aromatic heterocycles. The number of nitrogens with one attached hydrogen (secondary N) is 1. The summed E-state index contributed by atoms with van der Waals surface area (Å²) in [4.78, 5) is 12.1. The Morgan fingerprint density at radius 1 is 1.26 bits per heavy atom. The molecule has 1 amide bonds. The van der Waals surface area contributed by atoms with Gasteiger partial charge in [0.25, 0.3) is 0 Å². The first-order chi connectivity index (χ1) is 13.2. The van der Waals surface area contributed by atoms with Gasteiger partial charge in [0.1, 0.15) is 0 Å². The van der Waals surface area contributed by atoms with E-state index >= 15 is 0 Å². The largest absolute Gasteiger partial charge is 0.376 e. The molecule has 1 aliphatic heterocycles. The van der Waals surface area contributed by atoms with Crippen LogP contribution < -0.4 is 5.32 Å². The number of amides is 1. The number of carbonyl (C=O) groups excluding carboxylic acids is 1. The fourth-order valence-electron chi connectivity index (χ4n) is 2.85. The fraction of sp³-hybridized carbons (Fsp3) is 0.333. The minimum atomic E-state index is -0.0545. The number of carbonyl (C=O) groups is 1. The molecule has 1 N–H and O–H groups in total. The summed E-state index contributed by atoms with van der Waals surface area (Å²) >= 11 is 7.25. The van der Waals surface area contributed by atoms with Crippen LogP contribution in [0.1, 0.15) is 12.8 Å². The van der Waals surface area contributed by atoms with E-state index < -0.39 is 0 Å². The van der Waals surface area contributed by atoms with E-state index in [2.05, 4.69) is 20.6 Å². The van der Waals surface area contributed by atoms with E-state index in [9.17, 15) is 4.79 Å². The fourth-order valence-corrected chi connectivity index (χ4v) is 3.69. The maximum absolute atomic E-state index is 12.1. The van der Waals surface area contributed by atoms with Crippen LogP contribution in [0.2, 0.25) is 5.02 Å². The Hall–Kier alpha value is -2.16. The molecule has 1 aliphatic rings. The van der Waals surface area contributed by atoms with Crippen molar-refractivity contribution in [2.75, 3.05) is 18.9 Å². The SMILES string of the molecule is O=C(CSc1nnc2ccc(-c3ccc(Cl)cc3)nn12)NCC1CCCO1. The molecular formula is C18H18ClN5O2S. The minimum Gasteiger partial charge on any atom is -0.376 e. The maximum atomic E-state index is 12.1. The van der Waals surface area contributed by atoms with E-state index in [0.717, 1.165) is 30.7 Å². The molecule has 3 aromatic rings. The van der Waals surface area contributed by atoms with Gasteiger partial charge < -0.3 is 10.1 Å². The number of fused-ring (bicyclic) bond motifs is 1. The van der Waals surface area contributed by atoms with Gasteiger partial charge in [0.2, 0.25) is 11.1 Å². The summed E-state index contributed by atoms with van der Waals surface area (Å²) in [7, 11) is 0. The first-order valence-electron chi connectivity index (χ1n) is 8.68. The van der Waals surface area contributed by atoms with E-state index in [4.69, 9.17) is 16.3 Å². The summed E-state index contributed by atoms with van der Waals surface area (Å²) in [6.07, 6.45) is 2.19. The second-order valence-corrected chi connectivity index (χ2v) is 7.58. The van der Waals surface area contributed by atoms with Crippen molar-refractivity contribution in [3.63, 3.8) is 0 Å². The maximum Gasteiger partial charge on any atom is 0.230 e. The molecule has 4 rings (SSSR count). The summed E-state index contributed by atoms with van der Waals surface area (Å²) in [5, 5.41) is 17.0. The Labute approximate surface area is 165 Å². The molecule has 1 atom stereocenters. The zero-order chi connectivity index (χ0) is 18.6. The smallest absolute Gasteiger partial charge is 0.230 e. The molecule has 0 bridgehead atoms. The van der Waals surface area contributed by atoms with Crippen LogP contribution in [0.25, 0.3) is 16.9 Å². The summed E-state index contributed by atoms with van der Waals surface area (Å²) in [6.45, 7) is 1.33. The van der Waals surface area contributed by atoms with Crippen molar-refractivity contribution in [1.29, 1.82) is 0 Å². The molecule has 0 radical (unpaired) electrons. The predicted octanol–water partition coefficient (Wildman–Crippen LogP) is 2.83. The van der Waals surface area contributed by atoms with Gasteiger partial charge in [-0.1, -0.05) is 35.5 Å². The quantitative estimate of drug-likeness (QED) is 0.637. The summed E-state index contributed by atoms with van der Waals surface area (Å²) in [5.41, 5.74) is 2.36. The van der Waals surface area contributed by atoms with Crippen molar-refractivity contribution in [2.45, 2.75) is 24.1 Å². The highest BCUT2D eigenvalue weighted by Gasteiger charge is 2.17. The summed E-state index contributed by atoms with van der Waals surface area (Å²) in [6, 6.07) is 11.2. The lowest BCUT2D eigenvalue weighted by Gasteiger charge is -2.10. The highest BCUT2D eigenvalue weighted by molar-refractivity contribution is 7.99. The van der Waals surface area contributed by atoms with Gasteiger partial charge >= 0.3 is 0 Å². The number of hydrogen-bond donors (Lipinski definition) is 1. The number of nitrogens with zero attached hydrogens (tertiary/aromatic N) is 4. The molecular weight excluding hydrogens is 386 g/mol. The number of thioether (sulfide) groups is 1. The molecule has 7 nitrogen and oxygen atoms in total. The molecule has 0 saturated carbocycles. The number of ether oxygens (including phenoxy) is 1. The lowest BCUT2D eigenvalue weighted by molar-refractivity contribution is -0.119. The van der Waals surface area contributed by atoms with Gasteiger partial charge in [0.15, 0.2) is 5.65 Å². The van der Waals surface area contributed by atoms with Crippen LogP contribution in [-0.4, -0.2) is 50.7 Å². The zero-order valence-corrected chi connectivity index (χ0v) is 16.0. The third-order valence-corrected chi connectivity index (χ3v) is 5.43. The van der Waals surface area contributed by atoms with Gasteiger partial charge in [-0.15, -0.1) is 10.2 Å². The molecule has 27 heavy (non-hydrogen) atoms. The van der Waals surface area contributed by atoms with Crippen LogP contribution in [0.5, 0.6) is 0 Å². The Kier molecular flexibility index (Phi) is 5.56. The van der Waals surface area contributed by atoms with Gasteiger partial charge in [-0.2, -0.15) is 9.61 Å². The van der Waals surface area contributed by atoms with Crippen LogP contribution in [-0.2, 0) is 9.53 Å². The molecule has 0 spiro atoms. The molecule has 0 aliphatic carbocycles. The Balaban J connectivity index is 1.43. The van der Waals surface area contributed by atoms with Gasteiger partial charge in [0.05, 0.1) is 17.6 Å². The minimum absolute atomic E-state index is 0.0545. The predicted molar refractivity (Wildman–Crippen MR) is 104 cm³/mol. The molecule has 3 heterocycles. The van der Waals surface area contributed by atoms with E-state index in [-0.39, 0.29) is 17.8 Å². The van der Waals surface area contributed by atoms with Crippen molar-refractivity contribution in [3.05, 3.63) is 41.4 Å². The zero-order valence-electron chi connectivity index (χ0n) is 14.5. The van der Waals surface area contributed by atoms with E-state index in [1.807, 2.05) is 36.4 Å². The van der Waals surface area contributed by atoms with E-state index in [1.54, 1.807) is 4.52 Å². The monoisotopic (exact) mass is 403 g/mol. The normalized spacial score (nSPS) is 16.7. The number of aromatic nitrogens is 4. The Morgan fingerprint density at radius 3 is 2.89 bits per heavy atom. The number of hydrogen-bond acceptors (Lipinski definition) is 6. The van der Waals surface area contributed by atoms with Crippen molar-refractivity contribution < 1.29 is 9.53 Å². The highest BCUT2D eigenvalue weighted by atomic mass is 35.5. The molecule has 1 fully saturated rings. The molecule has 1 unspecified atom stereocenters. The average Bonchev–Trinajstić information content (AvgIpc) is 3.34. The van der Waals surface area contributed by atoms with Gasteiger partial charge in [-0.25, -0.2) is 0 Å². The second kappa shape index (κ2) is 8.24. The topological polar surface area (TPSA) is 81.4 Å². The van der Waals surface area contributed by atoms with Gasteiger partial charge in [-0.05, 0) is 37.1 Å². The average molecular weight is 404 g/mol. The van der Waals surface area contributed by atoms with Crippen LogP contribution in [0, 0.1) is 0 Å². The standard InChI is InChI=1S/C18H18ClN5O2S/c19-13-5-3-12(4-6-13)15-7-8-16-21-22-18(24(16)23-15)27-11-17(25)20-10-14-2-1-9-26-14/h3-8,14H,1-2,9-11H2,(H,20,25). The molecule has 1 saturated heterocycles.